The second-order valence-corrected chi connectivity index (χ2v) is 5.68. The molecule has 0 radical (unpaired) electrons. The summed E-state index contributed by atoms with van der Waals surface area (Å²) in [5.74, 6) is 0.701. The molecule has 1 saturated carbocycles. The van der Waals surface area contributed by atoms with Crippen LogP contribution in [0.15, 0.2) is 18.2 Å². The summed E-state index contributed by atoms with van der Waals surface area (Å²) in [6.07, 6.45) is 0.358. The Hall–Kier alpha value is -0.900. The van der Waals surface area contributed by atoms with Crippen molar-refractivity contribution in [3.63, 3.8) is 0 Å². The van der Waals surface area contributed by atoms with Gasteiger partial charge < -0.3 is 5.32 Å². The number of anilines is 1. The molecular formula is C14H17ClF3N. The number of alkyl halides is 3. The molecule has 0 amide bonds. The molecule has 0 bridgehead atoms. The van der Waals surface area contributed by atoms with Gasteiger partial charge in [-0.2, -0.15) is 13.2 Å². The summed E-state index contributed by atoms with van der Waals surface area (Å²) in [7, 11) is 0. The lowest BCUT2D eigenvalue weighted by Gasteiger charge is -2.29. The number of hydrogen-bond acceptors (Lipinski definition) is 1. The predicted octanol–water partition coefficient (Wildman–Crippen LogP) is 5.35. The van der Waals surface area contributed by atoms with E-state index >= 15 is 0 Å². The Morgan fingerprint density at radius 1 is 1.37 bits per heavy atom. The highest BCUT2D eigenvalue weighted by Gasteiger charge is 2.31. The van der Waals surface area contributed by atoms with Gasteiger partial charge in [-0.25, -0.2) is 0 Å². The molecule has 1 unspecified atom stereocenters. The molecule has 1 N–H and O–H groups in total. The van der Waals surface area contributed by atoms with E-state index in [0.717, 1.165) is 18.6 Å². The first-order chi connectivity index (χ1) is 8.86. The van der Waals surface area contributed by atoms with Gasteiger partial charge in [0.05, 0.1) is 16.3 Å². The van der Waals surface area contributed by atoms with Crippen LogP contribution < -0.4 is 5.32 Å². The molecule has 19 heavy (non-hydrogen) atoms. The van der Waals surface area contributed by atoms with Crippen molar-refractivity contribution in [3.8, 4) is 0 Å². The molecule has 1 aromatic carbocycles. The molecule has 1 aliphatic rings. The molecule has 0 aromatic heterocycles. The van der Waals surface area contributed by atoms with Crippen LogP contribution in [0.4, 0.5) is 18.9 Å². The van der Waals surface area contributed by atoms with Gasteiger partial charge in [-0.3, -0.25) is 0 Å². The van der Waals surface area contributed by atoms with Crippen LogP contribution in [0.1, 0.15) is 38.2 Å². The summed E-state index contributed by atoms with van der Waals surface area (Å²) in [4.78, 5) is 0. The summed E-state index contributed by atoms with van der Waals surface area (Å²) >= 11 is 5.94. The van der Waals surface area contributed by atoms with Gasteiger partial charge >= 0.3 is 6.18 Å². The van der Waals surface area contributed by atoms with Crippen molar-refractivity contribution in [2.45, 2.75) is 44.8 Å². The molecule has 1 nitrogen and oxygen atoms in total. The highest BCUT2D eigenvalue weighted by molar-refractivity contribution is 6.33. The molecule has 5 heteroatoms. The molecule has 0 spiro atoms. The minimum atomic E-state index is -4.34. The lowest BCUT2D eigenvalue weighted by Crippen LogP contribution is -2.23. The maximum absolute atomic E-state index is 12.6. The van der Waals surface area contributed by atoms with Gasteiger partial charge in [0.2, 0.25) is 0 Å². The molecule has 0 saturated heterocycles. The standard InChI is InChI=1S/C14H17ClF3N/c1-9(7-10-3-2-4-10)19-13-8-11(14(16,17)18)5-6-12(13)15/h5-6,8-10,19H,2-4,7H2,1H3. The molecule has 1 aromatic rings. The van der Waals surface area contributed by atoms with Gasteiger partial charge in [0, 0.05) is 6.04 Å². The largest absolute Gasteiger partial charge is 0.416 e. The van der Waals surface area contributed by atoms with Crippen molar-refractivity contribution >= 4 is 17.3 Å². The zero-order valence-corrected chi connectivity index (χ0v) is 11.5. The molecule has 0 aliphatic heterocycles. The van der Waals surface area contributed by atoms with Crippen molar-refractivity contribution in [1.82, 2.24) is 0 Å². The summed E-state index contributed by atoms with van der Waals surface area (Å²) in [5, 5.41) is 3.42. The molecule has 1 atom stereocenters. The van der Waals surface area contributed by atoms with Crippen LogP contribution in [0.2, 0.25) is 5.02 Å². The quantitative estimate of drug-likeness (QED) is 0.788. The van der Waals surface area contributed by atoms with E-state index in [-0.39, 0.29) is 6.04 Å². The summed E-state index contributed by atoms with van der Waals surface area (Å²) in [6.45, 7) is 1.98. The first kappa shape index (κ1) is 14.5. The van der Waals surface area contributed by atoms with Crippen molar-refractivity contribution in [2.75, 3.05) is 5.32 Å². The first-order valence-corrected chi connectivity index (χ1v) is 6.87. The van der Waals surface area contributed by atoms with E-state index in [2.05, 4.69) is 5.32 Å². The summed E-state index contributed by atoms with van der Waals surface area (Å²) in [5.41, 5.74) is -0.307. The lowest BCUT2D eigenvalue weighted by atomic mass is 9.81. The zero-order chi connectivity index (χ0) is 14.0. The topological polar surface area (TPSA) is 12.0 Å². The van der Waals surface area contributed by atoms with Crippen LogP contribution in [0.3, 0.4) is 0 Å². The maximum Gasteiger partial charge on any atom is 0.416 e. The van der Waals surface area contributed by atoms with Crippen LogP contribution in [0, 0.1) is 5.92 Å². The third-order valence-corrected chi connectivity index (χ3v) is 3.94. The van der Waals surface area contributed by atoms with Crippen LogP contribution in [-0.4, -0.2) is 6.04 Å². The highest BCUT2D eigenvalue weighted by atomic mass is 35.5. The summed E-state index contributed by atoms with van der Waals surface area (Å²) < 4.78 is 37.9. The van der Waals surface area contributed by atoms with E-state index < -0.39 is 11.7 Å². The number of hydrogen-bond donors (Lipinski definition) is 1. The van der Waals surface area contributed by atoms with Crippen LogP contribution in [0.5, 0.6) is 0 Å². The monoisotopic (exact) mass is 291 g/mol. The molecule has 2 rings (SSSR count). The molecule has 0 heterocycles. The van der Waals surface area contributed by atoms with Gasteiger partial charge in [-0.1, -0.05) is 30.9 Å². The second kappa shape index (κ2) is 5.61. The van der Waals surface area contributed by atoms with Crippen LogP contribution >= 0.6 is 11.6 Å². The fourth-order valence-electron chi connectivity index (χ4n) is 2.37. The smallest absolute Gasteiger partial charge is 0.381 e. The predicted molar refractivity (Wildman–Crippen MR) is 71.5 cm³/mol. The number of benzene rings is 1. The summed E-state index contributed by atoms with van der Waals surface area (Å²) in [6, 6.07) is 3.51. The van der Waals surface area contributed by atoms with E-state index in [0.29, 0.717) is 16.6 Å². The Bertz CT molecular complexity index is 441. The average Bonchev–Trinajstić information content (AvgIpc) is 2.25. The maximum atomic E-state index is 12.6. The minimum absolute atomic E-state index is 0.131. The third-order valence-electron chi connectivity index (χ3n) is 3.61. The highest BCUT2D eigenvalue weighted by Crippen LogP contribution is 2.35. The third kappa shape index (κ3) is 3.78. The molecule has 1 fully saturated rings. The lowest BCUT2D eigenvalue weighted by molar-refractivity contribution is -0.137. The van der Waals surface area contributed by atoms with Crippen molar-refractivity contribution in [1.29, 1.82) is 0 Å². The molecule has 1 aliphatic carbocycles. The molecule has 106 valence electrons. The average molecular weight is 292 g/mol. The zero-order valence-electron chi connectivity index (χ0n) is 10.7. The van der Waals surface area contributed by atoms with Crippen molar-refractivity contribution in [3.05, 3.63) is 28.8 Å². The van der Waals surface area contributed by atoms with Crippen LogP contribution in [-0.2, 0) is 6.18 Å². The Kier molecular flexibility index (Phi) is 4.29. The fourth-order valence-corrected chi connectivity index (χ4v) is 2.54. The minimum Gasteiger partial charge on any atom is -0.381 e. The molecular weight excluding hydrogens is 275 g/mol. The van der Waals surface area contributed by atoms with Crippen LogP contribution in [0.25, 0.3) is 0 Å². The van der Waals surface area contributed by atoms with Crippen molar-refractivity contribution in [2.24, 2.45) is 5.92 Å². The Labute approximate surface area is 116 Å². The van der Waals surface area contributed by atoms with Crippen molar-refractivity contribution < 1.29 is 13.2 Å². The number of nitrogens with one attached hydrogen (secondary N) is 1. The Morgan fingerprint density at radius 2 is 2.05 bits per heavy atom. The van der Waals surface area contributed by atoms with Gasteiger partial charge in [-0.15, -0.1) is 0 Å². The van der Waals surface area contributed by atoms with E-state index in [1.165, 1.54) is 25.3 Å². The first-order valence-electron chi connectivity index (χ1n) is 6.49. The fraction of sp³-hybridized carbons (Fsp3) is 0.571. The van der Waals surface area contributed by atoms with E-state index in [4.69, 9.17) is 11.6 Å². The SMILES string of the molecule is CC(CC1CCC1)Nc1cc(C(F)(F)F)ccc1Cl. The number of rotatable bonds is 4. The Balaban J connectivity index is 2.05. The second-order valence-electron chi connectivity index (χ2n) is 5.27. The van der Waals surface area contributed by atoms with E-state index in [9.17, 15) is 13.2 Å². The normalized spacial score (nSPS) is 17.9. The van der Waals surface area contributed by atoms with Gasteiger partial charge in [-0.05, 0) is 37.5 Å². The van der Waals surface area contributed by atoms with Gasteiger partial charge in [0.1, 0.15) is 0 Å². The van der Waals surface area contributed by atoms with E-state index in [1.807, 2.05) is 6.92 Å². The number of halogens is 4. The van der Waals surface area contributed by atoms with Gasteiger partial charge in [0.15, 0.2) is 0 Å². The Morgan fingerprint density at radius 3 is 2.58 bits per heavy atom. The van der Waals surface area contributed by atoms with E-state index in [1.54, 1.807) is 0 Å². The van der Waals surface area contributed by atoms with Gasteiger partial charge in [0.25, 0.3) is 0 Å².